The van der Waals surface area contributed by atoms with Crippen LogP contribution in [0.25, 0.3) is 0 Å². The van der Waals surface area contributed by atoms with Crippen LogP contribution < -0.4 is 5.56 Å². The van der Waals surface area contributed by atoms with Gasteiger partial charge in [0.05, 0.1) is 11.8 Å². The summed E-state index contributed by atoms with van der Waals surface area (Å²) in [4.78, 5) is 27.2. The minimum absolute atomic E-state index is 0.0735. The van der Waals surface area contributed by atoms with Gasteiger partial charge in [0, 0.05) is 19.9 Å². The van der Waals surface area contributed by atoms with Gasteiger partial charge in [-0.3, -0.25) is 19.1 Å². The van der Waals surface area contributed by atoms with Crippen molar-refractivity contribution in [3.8, 4) is 5.88 Å². The second-order valence-electron chi connectivity index (χ2n) is 6.50. The van der Waals surface area contributed by atoms with Crippen molar-refractivity contribution in [2.75, 3.05) is 0 Å². The Balaban J connectivity index is 2.06. The third kappa shape index (κ3) is 3.71. The van der Waals surface area contributed by atoms with Gasteiger partial charge in [0.2, 0.25) is 11.8 Å². The van der Waals surface area contributed by atoms with E-state index >= 15 is 0 Å². The number of carbonyl (C=O) groups excluding carboxylic acids is 1. The van der Waals surface area contributed by atoms with Crippen LogP contribution in [-0.2, 0) is 11.3 Å². The average molecular weight is 386 g/mol. The third-order valence-corrected chi connectivity index (χ3v) is 4.94. The lowest BCUT2D eigenvalue weighted by Gasteiger charge is -2.20. The molecule has 0 radical (unpaired) electrons. The highest BCUT2D eigenvalue weighted by atomic mass is 32.1. The molecule has 1 aromatic carbocycles. The number of H-pyrrole nitrogens is 1. The van der Waals surface area contributed by atoms with Gasteiger partial charge in [0.1, 0.15) is 5.56 Å². The summed E-state index contributed by atoms with van der Waals surface area (Å²) in [5.41, 5.74) is 0.866. The molecule has 8 heteroatoms. The number of aromatic amines is 1. The molecule has 0 bridgehead atoms. The molecule has 2 aromatic rings. The first kappa shape index (κ1) is 19.0. The Labute approximate surface area is 162 Å². The molecular weight excluding hydrogens is 364 g/mol. The zero-order chi connectivity index (χ0) is 19.6. The SMILES string of the molecule is CCCCn1c(O)c(C2=NN(C(C)=O)[C@H](c3ccccc3)C2)c(=O)[nH]c1=S. The van der Waals surface area contributed by atoms with Crippen molar-refractivity contribution in [2.45, 2.75) is 45.7 Å². The van der Waals surface area contributed by atoms with Gasteiger partial charge in [0.15, 0.2) is 4.77 Å². The Hall–Kier alpha value is -2.74. The second-order valence-corrected chi connectivity index (χ2v) is 6.89. The van der Waals surface area contributed by atoms with Crippen LogP contribution in [0.2, 0.25) is 0 Å². The predicted molar refractivity (Wildman–Crippen MR) is 105 cm³/mol. The number of rotatable bonds is 5. The Morgan fingerprint density at radius 2 is 2.07 bits per heavy atom. The number of hydrazone groups is 1. The fourth-order valence-corrected chi connectivity index (χ4v) is 3.50. The molecule has 1 aliphatic rings. The van der Waals surface area contributed by atoms with Gasteiger partial charge in [-0.2, -0.15) is 5.10 Å². The number of aromatic nitrogens is 2. The lowest BCUT2D eigenvalue weighted by molar-refractivity contribution is -0.130. The van der Waals surface area contributed by atoms with Crippen LogP contribution in [0.3, 0.4) is 0 Å². The smallest absolute Gasteiger partial charge is 0.264 e. The molecule has 27 heavy (non-hydrogen) atoms. The summed E-state index contributed by atoms with van der Waals surface area (Å²) in [5, 5.41) is 16.4. The van der Waals surface area contributed by atoms with Gasteiger partial charge in [-0.15, -0.1) is 0 Å². The van der Waals surface area contributed by atoms with E-state index in [9.17, 15) is 14.7 Å². The minimum atomic E-state index is -0.499. The second kappa shape index (κ2) is 7.87. The highest BCUT2D eigenvalue weighted by molar-refractivity contribution is 7.71. The summed E-state index contributed by atoms with van der Waals surface area (Å²) in [6, 6.07) is 9.19. The van der Waals surface area contributed by atoms with Crippen LogP contribution in [0, 0.1) is 4.77 Å². The van der Waals surface area contributed by atoms with Gasteiger partial charge in [0.25, 0.3) is 5.56 Å². The highest BCUT2D eigenvalue weighted by Crippen LogP contribution is 2.33. The number of unbranched alkanes of at least 4 members (excludes halogenated alkanes) is 1. The van der Waals surface area contributed by atoms with Crippen molar-refractivity contribution in [3.63, 3.8) is 0 Å². The van der Waals surface area contributed by atoms with Crippen LogP contribution in [0.5, 0.6) is 5.88 Å². The fraction of sp³-hybridized carbons (Fsp3) is 0.368. The summed E-state index contributed by atoms with van der Waals surface area (Å²) in [6.45, 7) is 3.96. The molecule has 1 aromatic heterocycles. The van der Waals surface area contributed by atoms with E-state index in [0.717, 1.165) is 18.4 Å². The maximum absolute atomic E-state index is 12.5. The molecule has 0 saturated carbocycles. The molecule has 1 amide bonds. The number of hydrogen-bond donors (Lipinski definition) is 2. The lowest BCUT2D eigenvalue weighted by Crippen LogP contribution is -2.24. The van der Waals surface area contributed by atoms with E-state index in [-0.39, 0.29) is 28.2 Å². The molecule has 3 rings (SSSR count). The maximum Gasteiger partial charge on any atom is 0.264 e. The van der Waals surface area contributed by atoms with Gasteiger partial charge in [-0.05, 0) is 24.2 Å². The molecule has 0 fully saturated rings. The summed E-state index contributed by atoms with van der Waals surface area (Å²) in [5.74, 6) is -0.429. The first-order valence-corrected chi connectivity index (χ1v) is 9.33. The largest absolute Gasteiger partial charge is 0.494 e. The molecule has 2 N–H and O–H groups in total. The summed E-state index contributed by atoms with van der Waals surface area (Å²) >= 11 is 5.18. The van der Waals surface area contributed by atoms with Gasteiger partial charge < -0.3 is 5.11 Å². The molecule has 1 atom stereocenters. The lowest BCUT2D eigenvalue weighted by atomic mass is 9.99. The number of hydrogen-bond acceptors (Lipinski definition) is 5. The monoisotopic (exact) mass is 386 g/mol. The van der Waals surface area contributed by atoms with Crippen LogP contribution in [0.4, 0.5) is 0 Å². The van der Waals surface area contributed by atoms with Crippen LogP contribution in [-0.4, -0.2) is 31.3 Å². The molecule has 2 heterocycles. The first-order valence-electron chi connectivity index (χ1n) is 8.92. The number of aromatic hydroxyl groups is 1. The number of nitrogens with zero attached hydrogens (tertiary/aromatic N) is 3. The molecule has 1 aliphatic heterocycles. The molecule has 0 spiro atoms. The number of amides is 1. The van der Waals surface area contributed by atoms with Crippen molar-refractivity contribution in [1.29, 1.82) is 0 Å². The summed E-state index contributed by atoms with van der Waals surface area (Å²) in [6.07, 6.45) is 2.07. The Morgan fingerprint density at radius 1 is 1.37 bits per heavy atom. The first-order chi connectivity index (χ1) is 12.9. The van der Waals surface area contributed by atoms with Crippen molar-refractivity contribution < 1.29 is 9.90 Å². The molecular formula is C19H22N4O3S. The predicted octanol–water partition coefficient (Wildman–Crippen LogP) is 3.11. The number of benzene rings is 1. The molecule has 0 unspecified atom stereocenters. The van der Waals surface area contributed by atoms with E-state index in [1.807, 2.05) is 37.3 Å². The Morgan fingerprint density at radius 3 is 2.70 bits per heavy atom. The van der Waals surface area contributed by atoms with E-state index in [0.29, 0.717) is 18.7 Å². The van der Waals surface area contributed by atoms with Crippen LogP contribution in [0.1, 0.15) is 50.3 Å². The highest BCUT2D eigenvalue weighted by Gasteiger charge is 2.34. The zero-order valence-corrected chi connectivity index (χ0v) is 16.1. The average Bonchev–Trinajstić information content (AvgIpc) is 3.07. The van der Waals surface area contributed by atoms with E-state index < -0.39 is 5.56 Å². The van der Waals surface area contributed by atoms with Gasteiger partial charge in [-0.1, -0.05) is 43.7 Å². The normalized spacial score (nSPS) is 16.4. The fourth-order valence-electron chi connectivity index (χ4n) is 3.23. The zero-order valence-electron chi connectivity index (χ0n) is 15.3. The Bertz CT molecular complexity index is 994. The van der Waals surface area contributed by atoms with E-state index in [2.05, 4.69) is 10.1 Å². The molecule has 0 aliphatic carbocycles. The van der Waals surface area contributed by atoms with Crippen LogP contribution >= 0.6 is 12.2 Å². The van der Waals surface area contributed by atoms with E-state index in [1.54, 1.807) is 0 Å². The van der Waals surface area contributed by atoms with Gasteiger partial charge in [-0.25, -0.2) is 5.01 Å². The van der Waals surface area contributed by atoms with Crippen LogP contribution in [0.15, 0.2) is 40.2 Å². The summed E-state index contributed by atoms with van der Waals surface area (Å²) in [7, 11) is 0. The minimum Gasteiger partial charge on any atom is -0.494 e. The Kier molecular flexibility index (Phi) is 5.55. The van der Waals surface area contributed by atoms with E-state index in [1.165, 1.54) is 16.5 Å². The molecule has 0 saturated heterocycles. The standard InChI is InChI=1S/C19H22N4O3S/c1-3-4-10-22-18(26)16(17(25)20-19(22)27)14-11-15(23(21-14)12(2)24)13-8-6-5-7-9-13/h5-9,15,26H,3-4,10-11H2,1-2H3,(H,20,25,27)/t15-/m0/s1. The number of nitrogens with one attached hydrogen (secondary N) is 1. The molecule has 7 nitrogen and oxygen atoms in total. The number of carbonyl (C=O) groups is 1. The van der Waals surface area contributed by atoms with Crippen molar-refractivity contribution in [1.82, 2.24) is 14.6 Å². The maximum atomic E-state index is 12.5. The van der Waals surface area contributed by atoms with E-state index in [4.69, 9.17) is 12.2 Å². The summed E-state index contributed by atoms with van der Waals surface area (Å²) < 4.78 is 1.68. The van der Waals surface area contributed by atoms with Crippen molar-refractivity contribution in [3.05, 3.63) is 56.6 Å². The molecule has 142 valence electrons. The topological polar surface area (TPSA) is 90.7 Å². The van der Waals surface area contributed by atoms with Crippen molar-refractivity contribution >= 4 is 23.8 Å². The van der Waals surface area contributed by atoms with Gasteiger partial charge >= 0.3 is 0 Å². The quantitative estimate of drug-likeness (QED) is 0.773. The third-order valence-electron chi connectivity index (χ3n) is 4.61. The van der Waals surface area contributed by atoms with Crippen molar-refractivity contribution in [2.24, 2.45) is 5.10 Å².